The van der Waals surface area contributed by atoms with Crippen molar-refractivity contribution < 1.29 is 18.7 Å². The van der Waals surface area contributed by atoms with Gasteiger partial charge in [0.2, 0.25) is 37.4 Å². The van der Waals surface area contributed by atoms with E-state index in [9.17, 15) is 9.90 Å². The van der Waals surface area contributed by atoms with Crippen molar-refractivity contribution in [1.29, 1.82) is 0 Å². The summed E-state index contributed by atoms with van der Waals surface area (Å²) < 4.78 is 11.8. The number of benzene rings is 1. The van der Waals surface area contributed by atoms with E-state index < -0.39 is 8.32 Å². The number of anilines is 1. The number of hydrogen-bond donors (Lipinski definition) is 2. The Bertz CT molecular complexity index is 998. The van der Waals surface area contributed by atoms with Gasteiger partial charge in [-0.25, -0.2) is 4.98 Å². The van der Waals surface area contributed by atoms with Crippen LogP contribution in [0, 0.1) is 0 Å². The summed E-state index contributed by atoms with van der Waals surface area (Å²) in [5, 5.41) is 15.2. The van der Waals surface area contributed by atoms with Crippen LogP contribution >= 0.6 is 15.9 Å². The normalized spacial score (nSPS) is 11.6. The van der Waals surface area contributed by atoms with Crippen molar-refractivity contribution in [1.82, 2.24) is 4.98 Å². The number of fused-ring (bicyclic) bond motifs is 1. The predicted molar refractivity (Wildman–Crippen MR) is 117 cm³/mol. The fourth-order valence-corrected chi connectivity index (χ4v) is 3.76. The first-order valence-corrected chi connectivity index (χ1v) is 13.6. The molecule has 0 atom stereocenters. The molecule has 3 aromatic rings. The molecule has 1 amide bonds. The predicted octanol–water partition coefficient (Wildman–Crippen LogP) is 5.53. The maximum atomic E-state index is 12.2. The molecule has 2 N–H and O–H groups in total. The number of carbonyl (C=O) groups is 1. The van der Waals surface area contributed by atoms with Crippen molar-refractivity contribution in [3.63, 3.8) is 0 Å². The largest absolute Gasteiger partial charge is 0.538 e. The number of pyridine rings is 1. The van der Waals surface area contributed by atoms with Crippen LogP contribution in [-0.2, 0) is 4.79 Å². The molecule has 0 saturated heterocycles. The molecule has 0 bridgehead atoms. The molecule has 0 aliphatic heterocycles. The Hall–Kier alpha value is -2.32. The zero-order valence-corrected chi connectivity index (χ0v) is 18.7. The molecule has 1 aromatic carbocycles. The van der Waals surface area contributed by atoms with Crippen LogP contribution in [0.3, 0.4) is 0 Å². The second-order valence-corrected chi connectivity index (χ2v) is 12.6. The smallest absolute Gasteiger partial charge is 0.245 e. The number of halogens is 1. The lowest BCUT2D eigenvalue weighted by Gasteiger charge is -2.18. The lowest BCUT2D eigenvalue weighted by molar-refractivity contribution is -0.116. The molecule has 2 heterocycles. The third-order valence-electron chi connectivity index (χ3n) is 3.87. The molecule has 0 saturated carbocycles. The van der Waals surface area contributed by atoms with Crippen LogP contribution in [0.15, 0.2) is 40.8 Å². The zero-order valence-electron chi connectivity index (χ0n) is 16.1. The quantitative estimate of drug-likeness (QED) is 0.356. The van der Waals surface area contributed by atoms with E-state index in [1.165, 1.54) is 0 Å². The standard InChI is InChI=1S/C20H23BrN2O4Si/c1-28(2,3)27-19-17(25)18(26-20(19)23-16(24)9-6-12-21)15-11-10-13-7-4-5-8-14(13)22-15/h4-5,7-8,10-11,25H,6,9,12H2,1-3H3,(H,23,24). The Kier molecular flexibility index (Phi) is 6.10. The van der Waals surface area contributed by atoms with E-state index in [-0.39, 0.29) is 29.1 Å². The maximum Gasteiger partial charge on any atom is 0.245 e. The molecule has 148 valence electrons. The summed E-state index contributed by atoms with van der Waals surface area (Å²) >= 11 is 3.31. The number of carbonyl (C=O) groups excluding carboxylic acids is 1. The number of hydrogen-bond acceptors (Lipinski definition) is 5. The van der Waals surface area contributed by atoms with Crippen LogP contribution in [0.1, 0.15) is 12.8 Å². The molecule has 0 aliphatic rings. The SMILES string of the molecule is C[Si](C)(C)Oc1c(NC(=O)CCCBr)oc(-c2ccc3ccccc3n2)c1O. The van der Waals surface area contributed by atoms with Gasteiger partial charge in [0.15, 0.2) is 0 Å². The lowest BCUT2D eigenvalue weighted by atomic mass is 10.2. The van der Waals surface area contributed by atoms with Gasteiger partial charge in [-0.2, -0.15) is 0 Å². The van der Waals surface area contributed by atoms with E-state index in [0.717, 1.165) is 16.2 Å². The molecule has 0 unspecified atom stereocenters. The highest BCUT2D eigenvalue weighted by Crippen LogP contribution is 2.46. The number of para-hydroxylation sites is 1. The maximum absolute atomic E-state index is 12.2. The van der Waals surface area contributed by atoms with Gasteiger partial charge in [-0.15, -0.1) is 0 Å². The molecular formula is C20H23BrN2O4Si. The topological polar surface area (TPSA) is 84.6 Å². The molecule has 3 rings (SSSR count). The van der Waals surface area contributed by atoms with Gasteiger partial charge in [-0.1, -0.05) is 40.2 Å². The van der Waals surface area contributed by atoms with Gasteiger partial charge in [0.25, 0.3) is 0 Å². The van der Waals surface area contributed by atoms with E-state index in [4.69, 9.17) is 8.84 Å². The molecule has 0 radical (unpaired) electrons. The fraction of sp³-hybridized carbons (Fsp3) is 0.300. The van der Waals surface area contributed by atoms with Crippen LogP contribution in [-0.4, -0.2) is 29.6 Å². The third-order valence-corrected chi connectivity index (χ3v) is 5.25. The Labute approximate surface area is 173 Å². The highest BCUT2D eigenvalue weighted by Gasteiger charge is 2.29. The third kappa shape index (κ3) is 4.74. The Morgan fingerprint density at radius 2 is 2.00 bits per heavy atom. The van der Waals surface area contributed by atoms with Gasteiger partial charge in [0, 0.05) is 17.1 Å². The van der Waals surface area contributed by atoms with Crippen molar-refractivity contribution in [2.75, 3.05) is 10.6 Å². The zero-order chi connectivity index (χ0) is 20.3. The highest BCUT2D eigenvalue weighted by molar-refractivity contribution is 9.09. The number of alkyl halides is 1. The van der Waals surface area contributed by atoms with Crippen molar-refractivity contribution in [3.8, 4) is 23.0 Å². The molecule has 8 heteroatoms. The minimum atomic E-state index is -2.07. The lowest BCUT2D eigenvalue weighted by Crippen LogP contribution is -2.29. The van der Waals surface area contributed by atoms with Crippen LogP contribution in [0.25, 0.3) is 22.4 Å². The van der Waals surface area contributed by atoms with Crippen LogP contribution in [0.5, 0.6) is 11.5 Å². The van der Waals surface area contributed by atoms with Crippen molar-refractivity contribution in [3.05, 3.63) is 36.4 Å². The van der Waals surface area contributed by atoms with E-state index in [1.54, 1.807) is 6.07 Å². The molecule has 6 nitrogen and oxygen atoms in total. The highest BCUT2D eigenvalue weighted by atomic mass is 79.9. The summed E-state index contributed by atoms with van der Waals surface area (Å²) in [5.41, 5.74) is 1.25. The second kappa shape index (κ2) is 8.36. The summed E-state index contributed by atoms with van der Waals surface area (Å²) in [4.78, 5) is 16.8. The second-order valence-electron chi connectivity index (χ2n) is 7.38. The number of aromatic nitrogens is 1. The Morgan fingerprint density at radius 3 is 2.71 bits per heavy atom. The van der Waals surface area contributed by atoms with E-state index in [0.29, 0.717) is 18.5 Å². The summed E-state index contributed by atoms with van der Waals surface area (Å²) in [6.45, 7) is 5.97. The first-order chi connectivity index (χ1) is 13.3. The summed E-state index contributed by atoms with van der Waals surface area (Å²) in [7, 11) is -2.07. The first-order valence-electron chi connectivity index (χ1n) is 9.05. The van der Waals surface area contributed by atoms with Crippen LogP contribution in [0.2, 0.25) is 19.6 Å². The summed E-state index contributed by atoms with van der Waals surface area (Å²) in [6.07, 6.45) is 1.03. The Balaban J connectivity index is 2.02. The number of aromatic hydroxyl groups is 1. The number of nitrogens with one attached hydrogen (secondary N) is 1. The van der Waals surface area contributed by atoms with Crippen LogP contribution in [0.4, 0.5) is 5.88 Å². The van der Waals surface area contributed by atoms with Crippen LogP contribution < -0.4 is 9.74 Å². The van der Waals surface area contributed by atoms with E-state index in [2.05, 4.69) is 26.2 Å². The Morgan fingerprint density at radius 1 is 1.25 bits per heavy atom. The van der Waals surface area contributed by atoms with Gasteiger partial charge >= 0.3 is 0 Å². The van der Waals surface area contributed by atoms with Crippen molar-refractivity contribution >= 4 is 46.9 Å². The number of furan rings is 1. The summed E-state index contributed by atoms with van der Waals surface area (Å²) in [6, 6.07) is 11.4. The number of nitrogens with zero attached hydrogens (tertiary/aromatic N) is 1. The average molecular weight is 463 g/mol. The average Bonchev–Trinajstić information content (AvgIpc) is 2.94. The molecule has 0 fully saturated rings. The molecular weight excluding hydrogens is 440 g/mol. The molecule has 0 spiro atoms. The minimum absolute atomic E-state index is 0.115. The van der Waals surface area contributed by atoms with Gasteiger partial charge in [0.1, 0.15) is 5.69 Å². The molecule has 2 aromatic heterocycles. The van der Waals surface area contributed by atoms with E-state index in [1.807, 2.05) is 50.0 Å². The number of amides is 1. The summed E-state index contributed by atoms with van der Waals surface area (Å²) in [5.74, 6) is 0.100. The fourth-order valence-electron chi connectivity index (χ4n) is 2.67. The van der Waals surface area contributed by atoms with Gasteiger partial charge < -0.3 is 13.9 Å². The van der Waals surface area contributed by atoms with Gasteiger partial charge in [-0.05, 0) is 38.2 Å². The number of rotatable bonds is 7. The van der Waals surface area contributed by atoms with Crippen molar-refractivity contribution in [2.24, 2.45) is 0 Å². The monoisotopic (exact) mass is 462 g/mol. The molecule has 0 aliphatic carbocycles. The van der Waals surface area contributed by atoms with Gasteiger partial charge in [-0.3, -0.25) is 10.1 Å². The molecule has 28 heavy (non-hydrogen) atoms. The van der Waals surface area contributed by atoms with E-state index >= 15 is 0 Å². The van der Waals surface area contributed by atoms with Gasteiger partial charge in [0.05, 0.1) is 5.52 Å². The minimum Gasteiger partial charge on any atom is -0.538 e. The first kappa shape index (κ1) is 20.4. The van der Waals surface area contributed by atoms with Crippen molar-refractivity contribution in [2.45, 2.75) is 32.5 Å².